The number of hydrogen-bond donors (Lipinski definition) is 1. The molecule has 1 aliphatic rings. The standard InChI is InChI=1S/C21H29N3O3/c1-5-11-24(13-14-7-8-14)19-17(6-2)22-20(23-21(19)25)16-10-9-15(26-3)12-18(16)27-4/h9-10,12,14H,5-8,11,13H2,1-4H3,(H,22,23,25). The maximum absolute atomic E-state index is 13.0. The molecule has 0 bridgehead atoms. The molecular weight excluding hydrogens is 342 g/mol. The molecule has 3 rings (SSSR count). The van der Waals surface area contributed by atoms with Crippen molar-refractivity contribution in [2.75, 3.05) is 32.2 Å². The Hall–Kier alpha value is -2.50. The lowest BCUT2D eigenvalue weighted by molar-refractivity contribution is 0.395. The number of aryl methyl sites for hydroxylation is 1. The highest BCUT2D eigenvalue weighted by molar-refractivity contribution is 5.67. The van der Waals surface area contributed by atoms with Gasteiger partial charge in [-0.25, -0.2) is 4.98 Å². The van der Waals surface area contributed by atoms with Crippen molar-refractivity contribution in [1.29, 1.82) is 0 Å². The zero-order chi connectivity index (χ0) is 19.4. The molecule has 0 aliphatic heterocycles. The highest BCUT2D eigenvalue weighted by atomic mass is 16.5. The molecule has 0 amide bonds. The highest BCUT2D eigenvalue weighted by Gasteiger charge is 2.27. The number of benzene rings is 1. The monoisotopic (exact) mass is 371 g/mol. The molecule has 6 heteroatoms. The number of nitrogens with zero attached hydrogens (tertiary/aromatic N) is 2. The number of anilines is 1. The molecule has 0 spiro atoms. The Kier molecular flexibility index (Phi) is 6.04. The van der Waals surface area contributed by atoms with Gasteiger partial charge in [-0.15, -0.1) is 0 Å². The van der Waals surface area contributed by atoms with Gasteiger partial charge in [0.05, 0.1) is 25.5 Å². The van der Waals surface area contributed by atoms with Gasteiger partial charge in [-0.3, -0.25) is 4.79 Å². The van der Waals surface area contributed by atoms with Gasteiger partial charge in [0.2, 0.25) is 0 Å². The number of methoxy groups -OCH3 is 2. The van der Waals surface area contributed by atoms with Crippen LogP contribution >= 0.6 is 0 Å². The Labute approximate surface area is 160 Å². The molecule has 1 heterocycles. The third-order valence-electron chi connectivity index (χ3n) is 4.95. The topological polar surface area (TPSA) is 67.5 Å². The summed E-state index contributed by atoms with van der Waals surface area (Å²) < 4.78 is 10.7. The molecule has 0 radical (unpaired) electrons. The van der Waals surface area contributed by atoms with Crippen molar-refractivity contribution in [1.82, 2.24) is 9.97 Å². The zero-order valence-electron chi connectivity index (χ0n) is 16.7. The maximum Gasteiger partial charge on any atom is 0.275 e. The fourth-order valence-corrected chi connectivity index (χ4v) is 3.38. The predicted molar refractivity (Wildman–Crippen MR) is 108 cm³/mol. The van der Waals surface area contributed by atoms with E-state index in [0.29, 0.717) is 29.7 Å². The summed E-state index contributed by atoms with van der Waals surface area (Å²) >= 11 is 0. The van der Waals surface area contributed by atoms with Crippen LogP contribution in [0.1, 0.15) is 38.8 Å². The average Bonchev–Trinajstić information content (AvgIpc) is 3.50. The van der Waals surface area contributed by atoms with Crippen LogP contribution < -0.4 is 19.9 Å². The second-order valence-electron chi connectivity index (χ2n) is 7.02. The van der Waals surface area contributed by atoms with Gasteiger partial charge >= 0.3 is 0 Å². The minimum atomic E-state index is -0.0798. The fourth-order valence-electron chi connectivity index (χ4n) is 3.38. The fraction of sp³-hybridized carbons (Fsp3) is 0.524. The second-order valence-corrected chi connectivity index (χ2v) is 7.02. The number of rotatable bonds is 9. The van der Waals surface area contributed by atoms with E-state index in [-0.39, 0.29) is 5.56 Å². The third kappa shape index (κ3) is 4.26. The Morgan fingerprint density at radius 1 is 1.22 bits per heavy atom. The van der Waals surface area contributed by atoms with Gasteiger partial charge in [-0.2, -0.15) is 0 Å². The first-order valence-electron chi connectivity index (χ1n) is 9.71. The SMILES string of the molecule is CCCN(CC1CC1)c1c(CC)nc(-c2ccc(OC)cc2OC)[nH]c1=O. The molecule has 146 valence electrons. The maximum atomic E-state index is 13.0. The molecule has 1 saturated carbocycles. The van der Waals surface area contributed by atoms with Gasteiger partial charge in [0.25, 0.3) is 5.56 Å². The summed E-state index contributed by atoms with van der Waals surface area (Å²) in [6, 6.07) is 5.50. The van der Waals surface area contributed by atoms with Gasteiger partial charge in [0, 0.05) is 19.2 Å². The molecule has 0 unspecified atom stereocenters. The number of H-pyrrole nitrogens is 1. The Morgan fingerprint density at radius 3 is 2.59 bits per heavy atom. The smallest absolute Gasteiger partial charge is 0.275 e. The van der Waals surface area contributed by atoms with Gasteiger partial charge in [0.1, 0.15) is 23.0 Å². The van der Waals surface area contributed by atoms with Crippen molar-refractivity contribution in [3.8, 4) is 22.9 Å². The third-order valence-corrected chi connectivity index (χ3v) is 4.95. The van der Waals surface area contributed by atoms with E-state index in [1.54, 1.807) is 20.3 Å². The lowest BCUT2D eigenvalue weighted by Crippen LogP contribution is -2.33. The van der Waals surface area contributed by atoms with Crippen LogP contribution in [0.2, 0.25) is 0 Å². The van der Waals surface area contributed by atoms with Crippen LogP contribution in [0.15, 0.2) is 23.0 Å². The van der Waals surface area contributed by atoms with Crippen LogP contribution in [0.25, 0.3) is 11.4 Å². The van der Waals surface area contributed by atoms with Crippen LogP contribution in [0, 0.1) is 5.92 Å². The number of nitrogens with one attached hydrogen (secondary N) is 1. The van der Waals surface area contributed by atoms with E-state index in [1.807, 2.05) is 19.1 Å². The van der Waals surface area contributed by atoms with Gasteiger partial charge in [0.15, 0.2) is 0 Å². The van der Waals surface area contributed by atoms with Crippen molar-refractivity contribution in [2.45, 2.75) is 39.5 Å². The minimum absolute atomic E-state index is 0.0798. The molecule has 1 N–H and O–H groups in total. The largest absolute Gasteiger partial charge is 0.497 e. The Balaban J connectivity index is 2.04. The van der Waals surface area contributed by atoms with Crippen molar-refractivity contribution in [3.63, 3.8) is 0 Å². The van der Waals surface area contributed by atoms with Crippen LogP contribution in [0.3, 0.4) is 0 Å². The van der Waals surface area contributed by atoms with E-state index in [4.69, 9.17) is 14.5 Å². The normalized spacial score (nSPS) is 13.5. The predicted octanol–water partition coefficient (Wildman–Crippen LogP) is 3.64. The number of hydrogen-bond acceptors (Lipinski definition) is 5. The molecule has 27 heavy (non-hydrogen) atoms. The molecule has 1 aromatic heterocycles. The van der Waals surface area contributed by atoms with E-state index in [9.17, 15) is 4.79 Å². The molecule has 1 fully saturated rings. The molecule has 1 aromatic carbocycles. The summed E-state index contributed by atoms with van der Waals surface area (Å²) in [5.41, 5.74) is 2.23. The van der Waals surface area contributed by atoms with Crippen LogP contribution in [-0.4, -0.2) is 37.3 Å². The number of aromatic nitrogens is 2. The summed E-state index contributed by atoms with van der Waals surface area (Å²) in [5.74, 6) is 2.56. The van der Waals surface area contributed by atoms with Crippen LogP contribution in [0.5, 0.6) is 11.5 Å². The Bertz CT molecular complexity index is 843. The van der Waals surface area contributed by atoms with E-state index in [2.05, 4.69) is 16.8 Å². The van der Waals surface area contributed by atoms with Crippen LogP contribution in [0.4, 0.5) is 5.69 Å². The van der Waals surface area contributed by atoms with Gasteiger partial charge < -0.3 is 19.4 Å². The number of ether oxygens (including phenoxy) is 2. The zero-order valence-corrected chi connectivity index (χ0v) is 16.7. The summed E-state index contributed by atoms with van der Waals surface area (Å²) in [6.45, 7) is 6.00. The molecular formula is C21H29N3O3. The average molecular weight is 371 g/mol. The minimum Gasteiger partial charge on any atom is -0.497 e. The van der Waals surface area contributed by atoms with Crippen molar-refractivity contribution in [2.24, 2.45) is 5.92 Å². The van der Waals surface area contributed by atoms with E-state index >= 15 is 0 Å². The summed E-state index contributed by atoms with van der Waals surface area (Å²) in [5, 5.41) is 0. The molecule has 6 nitrogen and oxygen atoms in total. The Morgan fingerprint density at radius 2 is 2.00 bits per heavy atom. The van der Waals surface area contributed by atoms with Gasteiger partial charge in [-0.1, -0.05) is 13.8 Å². The highest BCUT2D eigenvalue weighted by Crippen LogP contribution is 2.33. The first-order chi connectivity index (χ1) is 13.1. The van der Waals surface area contributed by atoms with E-state index in [1.165, 1.54) is 12.8 Å². The lowest BCUT2D eigenvalue weighted by atomic mass is 10.1. The van der Waals surface area contributed by atoms with E-state index < -0.39 is 0 Å². The molecule has 1 aliphatic carbocycles. The van der Waals surface area contributed by atoms with Crippen molar-refractivity contribution in [3.05, 3.63) is 34.2 Å². The van der Waals surface area contributed by atoms with Crippen LogP contribution in [-0.2, 0) is 6.42 Å². The molecule has 0 saturated heterocycles. The summed E-state index contributed by atoms with van der Waals surface area (Å²) in [4.78, 5) is 23.0. The summed E-state index contributed by atoms with van der Waals surface area (Å²) in [6.07, 6.45) is 4.22. The lowest BCUT2D eigenvalue weighted by Gasteiger charge is -2.25. The van der Waals surface area contributed by atoms with Gasteiger partial charge in [-0.05, 0) is 43.7 Å². The molecule has 2 aromatic rings. The quantitative estimate of drug-likeness (QED) is 0.729. The first kappa shape index (κ1) is 19.3. The molecule has 0 atom stereocenters. The van der Waals surface area contributed by atoms with Crippen molar-refractivity contribution < 1.29 is 9.47 Å². The summed E-state index contributed by atoms with van der Waals surface area (Å²) in [7, 11) is 3.21. The van der Waals surface area contributed by atoms with E-state index in [0.717, 1.165) is 36.5 Å². The van der Waals surface area contributed by atoms with Crippen molar-refractivity contribution >= 4 is 5.69 Å². The number of aromatic amines is 1. The first-order valence-corrected chi connectivity index (χ1v) is 9.71. The second kappa shape index (κ2) is 8.46.